The largest absolute Gasteiger partial charge is 0.322 e. The van der Waals surface area contributed by atoms with Gasteiger partial charge in [-0.05, 0) is 60.3 Å². The molecule has 3 aromatic rings. The van der Waals surface area contributed by atoms with Gasteiger partial charge in [0.2, 0.25) is 0 Å². The van der Waals surface area contributed by atoms with Crippen molar-refractivity contribution in [3.63, 3.8) is 0 Å². The zero-order valence-corrected chi connectivity index (χ0v) is 22.3. The first-order chi connectivity index (χ1) is 18.4. The van der Waals surface area contributed by atoms with Crippen molar-refractivity contribution in [2.75, 3.05) is 13.1 Å². The van der Waals surface area contributed by atoms with Crippen molar-refractivity contribution >= 4 is 17.8 Å². The van der Waals surface area contributed by atoms with Gasteiger partial charge < -0.3 is 5.32 Å². The number of amides is 1. The number of allylic oxidation sites excluding steroid dienone is 4. The second kappa shape index (κ2) is 11.2. The molecule has 5 rings (SSSR count). The van der Waals surface area contributed by atoms with Crippen molar-refractivity contribution in [3.8, 4) is 0 Å². The molecule has 0 atom stereocenters. The fourth-order valence-corrected chi connectivity index (χ4v) is 4.98. The Bertz CT molecular complexity index is 1450. The van der Waals surface area contributed by atoms with Gasteiger partial charge in [0.15, 0.2) is 5.78 Å². The van der Waals surface area contributed by atoms with Crippen molar-refractivity contribution in [3.05, 3.63) is 117 Å². The smallest absolute Gasteiger partial charge is 0.258 e. The van der Waals surface area contributed by atoms with Gasteiger partial charge in [-0.3, -0.25) is 19.2 Å². The lowest BCUT2D eigenvalue weighted by Crippen LogP contribution is -2.24. The Hall–Kier alpha value is -4.03. The summed E-state index contributed by atoms with van der Waals surface area (Å²) >= 11 is 0. The molecular formula is C32H34N4O2. The summed E-state index contributed by atoms with van der Waals surface area (Å²) in [4.78, 5) is 28.2. The van der Waals surface area contributed by atoms with Gasteiger partial charge in [-0.1, -0.05) is 74.0 Å². The zero-order valence-electron chi connectivity index (χ0n) is 22.3. The third-order valence-electron chi connectivity index (χ3n) is 7.29. The number of fused-ring (bicyclic) bond motifs is 1. The minimum Gasteiger partial charge on any atom is -0.322 e. The molecule has 6 nitrogen and oxygen atoms in total. The summed E-state index contributed by atoms with van der Waals surface area (Å²) in [6, 6.07) is 14.9. The van der Waals surface area contributed by atoms with Gasteiger partial charge in [0.1, 0.15) is 0 Å². The summed E-state index contributed by atoms with van der Waals surface area (Å²) in [6.07, 6.45) is 10.1. The zero-order chi connectivity index (χ0) is 26.6. The van der Waals surface area contributed by atoms with Crippen molar-refractivity contribution in [1.29, 1.82) is 0 Å². The van der Waals surface area contributed by atoms with Gasteiger partial charge in [-0.25, -0.2) is 0 Å². The number of ketones is 1. The van der Waals surface area contributed by atoms with Gasteiger partial charge in [-0.2, -0.15) is 5.10 Å². The van der Waals surface area contributed by atoms with Gasteiger partial charge in [0.25, 0.3) is 5.91 Å². The van der Waals surface area contributed by atoms with Gasteiger partial charge >= 0.3 is 0 Å². The SMILES string of the molecule is CCN(CC)Cc1ccc2c(c1)C=C(C1=CC(NC(=O)c3cnn(Cc4ccc(C)cc4)c3)=CCC1=O)C2. The van der Waals surface area contributed by atoms with Crippen molar-refractivity contribution in [2.45, 2.75) is 46.7 Å². The number of Topliss-reactive ketones (excluding diaryl/α,β-unsaturated/α-hetero) is 1. The number of aromatic nitrogens is 2. The summed E-state index contributed by atoms with van der Waals surface area (Å²) < 4.78 is 1.76. The van der Waals surface area contributed by atoms with E-state index in [9.17, 15) is 9.59 Å². The van der Waals surface area contributed by atoms with E-state index in [-0.39, 0.29) is 18.1 Å². The van der Waals surface area contributed by atoms with Crippen molar-refractivity contribution < 1.29 is 9.59 Å². The third-order valence-corrected chi connectivity index (χ3v) is 7.29. The Balaban J connectivity index is 1.27. The second-order valence-corrected chi connectivity index (χ2v) is 10.1. The maximum atomic E-state index is 12.9. The van der Waals surface area contributed by atoms with Gasteiger partial charge in [0.05, 0.1) is 18.3 Å². The van der Waals surface area contributed by atoms with Crippen LogP contribution in [0.25, 0.3) is 6.08 Å². The molecule has 1 N–H and O–H groups in total. The van der Waals surface area contributed by atoms with E-state index in [0.717, 1.165) is 37.2 Å². The highest BCUT2D eigenvalue weighted by Gasteiger charge is 2.24. The van der Waals surface area contributed by atoms with E-state index in [0.29, 0.717) is 23.4 Å². The topological polar surface area (TPSA) is 67.2 Å². The van der Waals surface area contributed by atoms with E-state index < -0.39 is 0 Å². The summed E-state index contributed by atoms with van der Waals surface area (Å²) in [5, 5.41) is 7.32. The lowest BCUT2D eigenvalue weighted by Gasteiger charge is -2.18. The number of nitrogens with zero attached hydrogens (tertiary/aromatic N) is 3. The summed E-state index contributed by atoms with van der Waals surface area (Å²) in [6.45, 7) is 9.97. The van der Waals surface area contributed by atoms with Gasteiger partial charge in [-0.15, -0.1) is 0 Å². The first-order valence-electron chi connectivity index (χ1n) is 13.3. The highest BCUT2D eigenvalue weighted by Crippen LogP contribution is 2.33. The van der Waals surface area contributed by atoms with Crippen LogP contribution in [-0.2, 0) is 24.3 Å². The predicted molar refractivity (Wildman–Crippen MR) is 151 cm³/mol. The quantitative estimate of drug-likeness (QED) is 0.431. The van der Waals surface area contributed by atoms with Crippen LogP contribution >= 0.6 is 0 Å². The predicted octanol–water partition coefficient (Wildman–Crippen LogP) is 5.23. The van der Waals surface area contributed by atoms with E-state index in [1.165, 1.54) is 22.3 Å². The van der Waals surface area contributed by atoms with Crippen LogP contribution in [0.4, 0.5) is 0 Å². The van der Waals surface area contributed by atoms with Crippen molar-refractivity contribution in [1.82, 2.24) is 20.0 Å². The number of carbonyl (C=O) groups is 2. The Kier molecular flexibility index (Phi) is 7.52. The average molecular weight is 507 g/mol. The lowest BCUT2D eigenvalue weighted by molar-refractivity contribution is -0.114. The van der Waals surface area contributed by atoms with E-state index in [1.54, 1.807) is 23.2 Å². The van der Waals surface area contributed by atoms with E-state index in [4.69, 9.17) is 0 Å². The first kappa shape index (κ1) is 25.6. The molecule has 0 unspecified atom stereocenters. The number of aryl methyl sites for hydroxylation is 1. The van der Waals surface area contributed by atoms with Crippen molar-refractivity contribution in [2.24, 2.45) is 0 Å². The van der Waals surface area contributed by atoms with Crippen LogP contribution in [0.3, 0.4) is 0 Å². The number of hydrogen-bond acceptors (Lipinski definition) is 4. The van der Waals surface area contributed by atoms with Crippen LogP contribution in [-0.4, -0.2) is 39.5 Å². The number of nitrogens with one attached hydrogen (secondary N) is 1. The third kappa shape index (κ3) is 5.76. The molecular weight excluding hydrogens is 472 g/mol. The monoisotopic (exact) mass is 506 g/mol. The Labute approximate surface area is 224 Å². The normalized spacial score (nSPS) is 14.7. The number of hydrogen-bond donors (Lipinski definition) is 1. The molecule has 1 amide bonds. The highest BCUT2D eigenvalue weighted by atomic mass is 16.1. The molecule has 2 aromatic carbocycles. The Morgan fingerprint density at radius 2 is 1.82 bits per heavy atom. The molecule has 0 fully saturated rings. The molecule has 0 bridgehead atoms. The molecule has 0 saturated heterocycles. The molecule has 0 spiro atoms. The van der Waals surface area contributed by atoms with E-state index >= 15 is 0 Å². The molecule has 0 aliphatic heterocycles. The van der Waals surface area contributed by atoms with E-state index in [1.807, 2.05) is 6.08 Å². The van der Waals surface area contributed by atoms with Crippen LogP contribution in [0.2, 0.25) is 0 Å². The summed E-state index contributed by atoms with van der Waals surface area (Å²) in [7, 11) is 0. The summed E-state index contributed by atoms with van der Waals surface area (Å²) in [5.74, 6) is -0.155. The number of rotatable bonds is 9. The maximum Gasteiger partial charge on any atom is 0.258 e. The highest BCUT2D eigenvalue weighted by molar-refractivity contribution is 6.04. The Morgan fingerprint density at radius 1 is 1.05 bits per heavy atom. The number of carbonyl (C=O) groups excluding carboxylic acids is 2. The minimum atomic E-state index is -0.235. The molecule has 2 aliphatic rings. The molecule has 2 aliphatic carbocycles. The fraction of sp³-hybridized carbons (Fsp3) is 0.281. The van der Waals surface area contributed by atoms with Crippen LogP contribution in [0.1, 0.15) is 58.4 Å². The van der Waals surface area contributed by atoms with Crippen LogP contribution in [0.15, 0.2) is 83.9 Å². The lowest BCUT2D eigenvalue weighted by atomic mass is 9.93. The van der Waals surface area contributed by atoms with Crippen LogP contribution < -0.4 is 5.32 Å². The number of benzene rings is 2. The van der Waals surface area contributed by atoms with Crippen LogP contribution in [0.5, 0.6) is 0 Å². The molecule has 1 heterocycles. The Morgan fingerprint density at radius 3 is 2.58 bits per heavy atom. The fourth-order valence-electron chi connectivity index (χ4n) is 4.98. The summed E-state index contributed by atoms with van der Waals surface area (Å²) in [5.41, 5.74) is 8.85. The minimum absolute atomic E-state index is 0.0799. The first-order valence-corrected chi connectivity index (χ1v) is 13.3. The standard InChI is InChI=1S/C32H34N4O2/c1-4-35(5-2)19-24-10-11-25-15-27(16-26(25)14-24)30-17-29(12-13-31(30)37)34-32(38)28-18-33-36(21-28)20-23-8-6-22(3)7-9-23/h6-12,14,16-18,21H,4-5,13,15,19-20H2,1-3H3,(H,34,38). The van der Waals surface area contributed by atoms with E-state index in [2.05, 4.69) is 84.6 Å². The maximum absolute atomic E-state index is 12.9. The molecule has 194 valence electrons. The molecule has 0 saturated carbocycles. The average Bonchev–Trinajstić information content (AvgIpc) is 3.56. The van der Waals surface area contributed by atoms with Crippen LogP contribution in [0, 0.1) is 6.92 Å². The molecule has 38 heavy (non-hydrogen) atoms. The molecule has 0 radical (unpaired) electrons. The molecule has 1 aromatic heterocycles. The molecule has 6 heteroatoms. The van der Waals surface area contributed by atoms with Gasteiger partial charge in [0, 0.05) is 30.4 Å². The second-order valence-electron chi connectivity index (χ2n) is 10.1.